The molecule has 1 rings (SSSR count). The lowest BCUT2D eigenvalue weighted by atomic mass is 9.84. The van der Waals surface area contributed by atoms with E-state index >= 15 is 0 Å². The zero-order valence-corrected chi connectivity index (χ0v) is 10.2. The summed E-state index contributed by atoms with van der Waals surface area (Å²) in [5.41, 5.74) is 2.89. The zero-order chi connectivity index (χ0) is 10.2. The molecule has 0 spiro atoms. The molecule has 0 unspecified atom stereocenters. The predicted molar refractivity (Wildman–Crippen MR) is 59.6 cm³/mol. The van der Waals surface area contributed by atoms with Gasteiger partial charge in [0.2, 0.25) is 0 Å². The number of nitrogens with zero attached hydrogens (tertiary/aromatic N) is 1. The number of hydrogen-bond donors (Lipinski definition) is 0. The average Bonchev–Trinajstić information content (AvgIpc) is 2.28. The first-order valence-electron chi connectivity index (χ1n) is 4.80. The van der Waals surface area contributed by atoms with Gasteiger partial charge in [0.25, 0.3) is 0 Å². The zero-order valence-electron chi connectivity index (χ0n) is 9.43. The van der Waals surface area contributed by atoms with Crippen LogP contribution in [-0.2, 0) is 5.41 Å². The van der Waals surface area contributed by atoms with Crippen molar-refractivity contribution in [2.75, 3.05) is 0 Å². The Kier molecular flexibility index (Phi) is 2.81. The maximum atomic E-state index is 4.45. The third-order valence-electron chi connectivity index (χ3n) is 2.16. The van der Waals surface area contributed by atoms with Gasteiger partial charge < -0.3 is 0 Å². The van der Waals surface area contributed by atoms with Crippen molar-refractivity contribution in [1.82, 2.24) is 4.37 Å². The van der Waals surface area contributed by atoms with Crippen molar-refractivity contribution < 1.29 is 0 Å². The van der Waals surface area contributed by atoms with E-state index in [2.05, 4.69) is 45.9 Å². The van der Waals surface area contributed by atoms with E-state index in [9.17, 15) is 0 Å². The fourth-order valence-electron chi connectivity index (χ4n) is 1.69. The van der Waals surface area contributed by atoms with Crippen LogP contribution in [-0.4, -0.2) is 4.37 Å². The lowest BCUT2D eigenvalue weighted by Crippen LogP contribution is -2.14. The van der Waals surface area contributed by atoms with Gasteiger partial charge in [0.1, 0.15) is 0 Å². The second-order valence-corrected chi connectivity index (χ2v) is 5.72. The molecular formula is C11H19NS. The minimum Gasteiger partial charge on any atom is -0.197 e. The normalized spacial score (nSPS) is 12.5. The molecule has 74 valence electrons. The summed E-state index contributed by atoms with van der Waals surface area (Å²) in [6, 6.07) is 0. The summed E-state index contributed by atoms with van der Waals surface area (Å²) < 4.78 is 4.45. The highest BCUT2D eigenvalue weighted by atomic mass is 32.1. The number of hydrogen-bond acceptors (Lipinski definition) is 2. The minimum absolute atomic E-state index is 0.233. The van der Waals surface area contributed by atoms with Crippen LogP contribution in [0.4, 0.5) is 0 Å². The molecule has 2 heteroatoms. The summed E-state index contributed by atoms with van der Waals surface area (Å²) in [5.74, 6) is 0.598. The maximum absolute atomic E-state index is 4.45. The molecule has 1 aromatic heterocycles. The maximum Gasteiger partial charge on any atom is 0.0551 e. The molecule has 1 aromatic rings. The molecule has 0 amide bonds. The van der Waals surface area contributed by atoms with Crippen LogP contribution in [0.3, 0.4) is 0 Å². The smallest absolute Gasteiger partial charge is 0.0551 e. The molecule has 0 aliphatic heterocycles. The van der Waals surface area contributed by atoms with Crippen LogP contribution in [0.1, 0.15) is 56.7 Å². The van der Waals surface area contributed by atoms with Gasteiger partial charge in [-0.15, -0.1) is 0 Å². The summed E-state index contributed by atoms with van der Waals surface area (Å²) in [4.78, 5) is 1.45. The first kappa shape index (κ1) is 10.7. The van der Waals surface area contributed by atoms with E-state index in [1.165, 1.54) is 16.1 Å². The summed E-state index contributed by atoms with van der Waals surface area (Å²) in [5, 5.41) is 0. The SMILES string of the molecule is Cc1nsc(C(C)C)c1C(C)(C)C. The van der Waals surface area contributed by atoms with Crippen molar-refractivity contribution in [3.8, 4) is 0 Å². The van der Waals surface area contributed by atoms with Gasteiger partial charge in [-0.2, -0.15) is 4.37 Å². The van der Waals surface area contributed by atoms with Gasteiger partial charge in [0, 0.05) is 4.88 Å². The van der Waals surface area contributed by atoms with E-state index in [0.29, 0.717) is 5.92 Å². The van der Waals surface area contributed by atoms with Crippen molar-refractivity contribution in [1.29, 1.82) is 0 Å². The van der Waals surface area contributed by atoms with E-state index in [0.717, 1.165) is 0 Å². The van der Waals surface area contributed by atoms with E-state index in [-0.39, 0.29) is 5.41 Å². The highest BCUT2D eigenvalue weighted by molar-refractivity contribution is 7.06. The molecule has 0 atom stereocenters. The van der Waals surface area contributed by atoms with Gasteiger partial charge >= 0.3 is 0 Å². The molecule has 0 aliphatic rings. The largest absolute Gasteiger partial charge is 0.197 e. The molecule has 13 heavy (non-hydrogen) atoms. The second kappa shape index (κ2) is 3.41. The summed E-state index contributed by atoms with van der Waals surface area (Å²) >= 11 is 1.66. The number of rotatable bonds is 1. The molecule has 0 aromatic carbocycles. The van der Waals surface area contributed by atoms with Gasteiger partial charge in [0.05, 0.1) is 5.69 Å². The second-order valence-electron chi connectivity index (χ2n) is 4.91. The molecule has 0 N–H and O–H groups in total. The van der Waals surface area contributed by atoms with E-state index in [1.54, 1.807) is 11.5 Å². The standard InChI is InChI=1S/C11H19NS/c1-7(2)10-9(11(4,5)6)8(3)12-13-10/h7H,1-6H3. The fourth-order valence-corrected chi connectivity index (χ4v) is 2.78. The first-order chi connectivity index (χ1) is 5.84. The van der Waals surface area contributed by atoms with E-state index in [4.69, 9.17) is 0 Å². The third-order valence-corrected chi connectivity index (χ3v) is 3.40. The van der Waals surface area contributed by atoms with E-state index < -0.39 is 0 Å². The van der Waals surface area contributed by atoms with Crippen molar-refractivity contribution in [3.05, 3.63) is 16.1 Å². The fraction of sp³-hybridized carbons (Fsp3) is 0.727. The summed E-state index contributed by atoms with van der Waals surface area (Å²) in [6.07, 6.45) is 0. The van der Waals surface area contributed by atoms with Crippen LogP contribution >= 0.6 is 11.5 Å². The van der Waals surface area contributed by atoms with Gasteiger partial charge in [-0.25, -0.2) is 0 Å². The molecule has 0 saturated heterocycles. The van der Waals surface area contributed by atoms with Crippen LogP contribution in [0.15, 0.2) is 0 Å². The van der Waals surface area contributed by atoms with Crippen LogP contribution < -0.4 is 0 Å². The third kappa shape index (κ3) is 2.11. The number of aromatic nitrogens is 1. The Labute approximate surface area is 85.4 Å². The first-order valence-corrected chi connectivity index (χ1v) is 5.58. The Morgan fingerprint density at radius 1 is 1.23 bits per heavy atom. The highest BCUT2D eigenvalue weighted by Gasteiger charge is 2.24. The van der Waals surface area contributed by atoms with Crippen LogP contribution in [0.5, 0.6) is 0 Å². The topological polar surface area (TPSA) is 12.9 Å². The Morgan fingerprint density at radius 3 is 2.08 bits per heavy atom. The van der Waals surface area contributed by atoms with Gasteiger partial charge in [0.15, 0.2) is 0 Å². The van der Waals surface area contributed by atoms with Crippen molar-refractivity contribution in [2.45, 2.75) is 52.9 Å². The predicted octanol–water partition coefficient (Wildman–Crippen LogP) is 3.87. The van der Waals surface area contributed by atoms with Crippen LogP contribution in [0, 0.1) is 6.92 Å². The lowest BCUT2D eigenvalue weighted by Gasteiger charge is -2.21. The minimum atomic E-state index is 0.233. The van der Waals surface area contributed by atoms with Gasteiger partial charge in [-0.3, -0.25) is 0 Å². The monoisotopic (exact) mass is 197 g/mol. The molecular weight excluding hydrogens is 178 g/mol. The van der Waals surface area contributed by atoms with Crippen molar-refractivity contribution in [2.24, 2.45) is 0 Å². The average molecular weight is 197 g/mol. The quantitative estimate of drug-likeness (QED) is 0.666. The number of aryl methyl sites for hydroxylation is 1. The summed E-state index contributed by atoms with van der Waals surface area (Å²) in [7, 11) is 0. The Bertz CT molecular complexity index is 292. The van der Waals surface area contributed by atoms with Crippen molar-refractivity contribution in [3.63, 3.8) is 0 Å². The molecule has 0 bridgehead atoms. The Morgan fingerprint density at radius 2 is 1.77 bits per heavy atom. The Hall–Kier alpha value is -0.370. The molecule has 1 heterocycles. The van der Waals surface area contributed by atoms with E-state index in [1.807, 2.05) is 0 Å². The van der Waals surface area contributed by atoms with Gasteiger partial charge in [-0.05, 0) is 35.4 Å². The highest BCUT2D eigenvalue weighted by Crippen LogP contribution is 2.35. The Balaban J connectivity index is 3.25. The molecule has 0 radical (unpaired) electrons. The van der Waals surface area contributed by atoms with Crippen molar-refractivity contribution >= 4 is 11.5 Å². The molecule has 0 fully saturated rings. The lowest BCUT2D eigenvalue weighted by molar-refractivity contribution is 0.576. The molecule has 0 aliphatic carbocycles. The summed E-state index contributed by atoms with van der Waals surface area (Å²) in [6.45, 7) is 13.4. The molecule has 0 saturated carbocycles. The van der Waals surface area contributed by atoms with Gasteiger partial charge in [-0.1, -0.05) is 34.6 Å². The van der Waals surface area contributed by atoms with Crippen LogP contribution in [0.2, 0.25) is 0 Å². The molecule has 1 nitrogen and oxygen atoms in total. The van der Waals surface area contributed by atoms with Crippen LogP contribution in [0.25, 0.3) is 0 Å².